The Kier molecular flexibility index (Phi) is 4.65. The van der Waals surface area contributed by atoms with Crippen LogP contribution in [0.1, 0.15) is 16.1 Å². The van der Waals surface area contributed by atoms with Crippen LogP contribution in [0.15, 0.2) is 48.8 Å². The number of H-pyrrole nitrogens is 1. The van der Waals surface area contributed by atoms with E-state index in [0.29, 0.717) is 11.3 Å². The lowest BCUT2D eigenvalue weighted by Gasteiger charge is -2.12. The minimum Gasteiger partial charge on any atom is -0.361 e. The highest BCUT2D eigenvalue weighted by Gasteiger charge is 2.10. The van der Waals surface area contributed by atoms with Crippen molar-refractivity contribution in [2.75, 3.05) is 19.4 Å². The predicted molar refractivity (Wildman–Crippen MR) is 96.4 cm³/mol. The summed E-state index contributed by atoms with van der Waals surface area (Å²) in [5.74, 6) is -0.226. The van der Waals surface area contributed by atoms with Gasteiger partial charge in [0.2, 0.25) is 0 Å². The number of urea groups is 1. The monoisotopic (exact) mass is 337 g/mol. The van der Waals surface area contributed by atoms with Crippen molar-refractivity contribution in [3.63, 3.8) is 0 Å². The molecule has 0 spiro atoms. The number of aromatic nitrogens is 2. The molecule has 0 saturated carbocycles. The van der Waals surface area contributed by atoms with E-state index in [4.69, 9.17) is 0 Å². The van der Waals surface area contributed by atoms with Crippen LogP contribution in [0.3, 0.4) is 0 Å². The molecule has 1 aromatic carbocycles. The quantitative estimate of drug-likeness (QED) is 0.683. The maximum absolute atomic E-state index is 12.5. The Morgan fingerprint density at radius 3 is 2.84 bits per heavy atom. The molecule has 3 amide bonds. The van der Waals surface area contributed by atoms with E-state index in [2.05, 4.69) is 20.6 Å². The molecule has 2 aromatic heterocycles. The zero-order valence-electron chi connectivity index (χ0n) is 14.0. The number of nitrogens with zero attached hydrogens (tertiary/aromatic N) is 2. The highest BCUT2D eigenvalue weighted by Crippen LogP contribution is 2.22. The van der Waals surface area contributed by atoms with E-state index in [0.717, 1.165) is 16.6 Å². The number of fused-ring (bicyclic) bond motifs is 1. The van der Waals surface area contributed by atoms with Crippen LogP contribution in [-0.4, -0.2) is 40.9 Å². The highest BCUT2D eigenvalue weighted by atomic mass is 16.2. The zero-order valence-corrected chi connectivity index (χ0v) is 14.0. The van der Waals surface area contributed by atoms with E-state index in [-0.39, 0.29) is 18.5 Å². The van der Waals surface area contributed by atoms with E-state index in [1.165, 1.54) is 4.90 Å². The van der Waals surface area contributed by atoms with Gasteiger partial charge in [-0.15, -0.1) is 0 Å². The number of nitrogens with one attached hydrogen (secondary N) is 3. The first-order valence-corrected chi connectivity index (χ1v) is 7.82. The van der Waals surface area contributed by atoms with Crippen LogP contribution < -0.4 is 10.6 Å². The summed E-state index contributed by atoms with van der Waals surface area (Å²) in [6.07, 6.45) is 3.39. The van der Waals surface area contributed by atoms with Crippen molar-refractivity contribution in [3.8, 4) is 0 Å². The number of pyridine rings is 1. The normalized spacial score (nSPS) is 10.5. The van der Waals surface area contributed by atoms with Crippen molar-refractivity contribution < 1.29 is 9.59 Å². The first kappa shape index (κ1) is 16.5. The average Bonchev–Trinajstić information content (AvgIpc) is 3.09. The Morgan fingerprint density at radius 2 is 2.04 bits per heavy atom. The van der Waals surface area contributed by atoms with Crippen molar-refractivity contribution in [2.24, 2.45) is 0 Å². The Labute approximate surface area is 145 Å². The van der Waals surface area contributed by atoms with Crippen LogP contribution in [0.5, 0.6) is 0 Å². The lowest BCUT2D eigenvalue weighted by Crippen LogP contribution is -2.34. The zero-order chi connectivity index (χ0) is 17.8. The predicted octanol–water partition coefficient (Wildman–Crippen LogP) is 2.59. The number of anilines is 1. The van der Waals surface area contributed by atoms with Crippen LogP contribution in [0, 0.1) is 0 Å². The molecule has 0 radical (unpaired) electrons. The smallest absolute Gasteiger partial charge is 0.317 e. The summed E-state index contributed by atoms with van der Waals surface area (Å²) in [5, 5.41) is 6.59. The van der Waals surface area contributed by atoms with Gasteiger partial charge in [-0.25, -0.2) is 4.79 Å². The van der Waals surface area contributed by atoms with Crippen LogP contribution >= 0.6 is 0 Å². The molecule has 0 unspecified atom stereocenters. The van der Waals surface area contributed by atoms with Gasteiger partial charge < -0.3 is 20.5 Å². The van der Waals surface area contributed by atoms with E-state index in [9.17, 15) is 9.59 Å². The molecule has 0 bridgehead atoms. The van der Waals surface area contributed by atoms with Gasteiger partial charge in [0.15, 0.2) is 0 Å². The fourth-order valence-corrected chi connectivity index (χ4v) is 2.43. The number of rotatable bonds is 4. The van der Waals surface area contributed by atoms with Gasteiger partial charge in [-0.2, -0.15) is 0 Å². The average molecular weight is 337 g/mol. The second-order valence-corrected chi connectivity index (χ2v) is 5.79. The van der Waals surface area contributed by atoms with Gasteiger partial charge in [-0.1, -0.05) is 6.07 Å². The lowest BCUT2D eigenvalue weighted by atomic mass is 10.2. The standard InChI is InChI=1S/C18H19N5O2/c1-23(2)18(25)21-11-13-10-12(6-8-19-13)17(24)22-16-5-3-4-15-14(16)7-9-20-15/h3-10,20H,11H2,1-2H3,(H,21,25)(H,22,24). The van der Waals surface area contributed by atoms with Crippen molar-refractivity contribution in [2.45, 2.75) is 6.54 Å². The molecular formula is C18H19N5O2. The summed E-state index contributed by atoms with van der Waals surface area (Å²) in [6.45, 7) is 0.255. The summed E-state index contributed by atoms with van der Waals surface area (Å²) in [4.78, 5) is 32.8. The molecule has 2 heterocycles. The molecular weight excluding hydrogens is 318 g/mol. The van der Waals surface area contributed by atoms with E-state index >= 15 is 0 Å². The summed E-state index contributed by atoms with van der Waals surface area (Å²) >= 11 is 0. The topological polar surface area (TPSA) is 90.1 Å². The van der Waals surface area contributed by atoms with Crippen molar-refractivity contribution in [1.29, 1.82) is 0 Å². The third-order valence-corrected chi connectivity index (χ3v) is 3.75. The van der Waals surface area contributed by atoms with Crippen LogP contribution in [0.4, 0.5) is 10.5 Å². The number of amides is 3. The minimum atomic E-state index is -0.226. The number of hydrogen-bond acceptors (Lipinski definition) is 3. The van der Waals surface area contributed by atoms with Crippen molar-refractivity contribution in [1.82, 2.24) is 20.2 Å². The van der Waals surface area contributed by atoms with Gasteiger partial charge >= 0.3 is 6.03 Å². The van der Waals surface area contributed by atoms with E-state index < -0.39 is 0 Å². The number of carbonyl (C=O) groups excluding carboxylic acids is 2. The molecule has 0 aliphatic carbocycles. The second kappa shape index (κ2) is 7.04. The number of carbonyl (C=O) groups is 2. The molecule has 3 rings (SSSR count). The van der Waals surface area contributed by atoms with Gasteiger partial charge in [0, 0.05) is 43.0 Å². The van der Waals surface area contributed by atoms with Gasteiger partial charge in [0.05, 0.1) is 17.9 Å². The van der Waals surface area contributed by atoms with E-state index in [1.807, 2.05) is 30.5 Å². The minimum absolute atomic E-state index is 0.212. The summed E-state index contributed by atoms with van der Waals surface area (Å²) in [6, 6.07) is 10.7. The summed E-state index contributed by atoms with van der Waals surface area (Å²) in [7, 11) is 3.32. The molecule has 0 atom stereocenters. The molecule has 7 heteroatoms. The van der Waals surface area contributed by atoms with Gasteiger partial charge in [0.1, 0.15) is 0 Å². The maximum atomic E-state index is 12.5. The highest BCUT2D eigenvalue weighted by molar-refractivity contribution is 6.08. The summed E-state index contributed by atoms with van der Waals surface area (Å²) in [5.41, 5.74) is 2.79. The third-order valence-electron chi connectivity index (χ3n) is 3.75. The van der Waals surface area contributed by atoms with Crippen molar-refractivity contribution >= 4 is 28.5 Å². The Bertz CT molecular complexity index is 916. The fraction of sp³-hybridized carbons (Fsp3) is 0.167. The SMILES string of the molecule is CN(C)C(=O)NCc1cc(C(=O)Nc2cccc3[nH]ccc23)ccn1. The summed E-state index contributed by atoms with van der Waals surface area (Å²) < 4.78 is 0. The van der Waals surface area contributed by atoms with Gasteiger partial charge in [-0.3, -0.25) is 9.78 Å². The number of benzene rings is 1. The van der Waals surface area contributed by atoms with Crippen LogP contribution in [-0.2, 0) is 6.54 Å². The molecule has 25 heavy (non-hydrogen) atoms. The largest absolute Gasteiger partial charge is 0.361 e. The van der Waals surface area contributed by atoms with E-state index in [1.54, 1.807) is 32.4 Å². The Morgan fingerprint density at radius 1 is 1.20 bits per heavy atom. The van der Waals surface area contributed by atoms with Gasteiger partial charge in [-0.05, 0) is 30.3 Å². The first-order valence-electron chi connectivity index (χ1n) is 7.82. The third kappa shape index (κ3) is 3.77. The maximum Gasteiger partial charge on any atom is 0.317 e. The van der Waals surface area contributed by atoms with Gasteiger partial charge in [0.25, 0.3) is 5.91 Å². The first-order chi connectivity index (χ1) is 12.0. The van der Waals surface area contributed by atoms with Crippen LogP contribution in [0.25, 0.3) is 10.9 Å². The fourth-order valence-electron chi connectivity index (χ4n) is 2.43. The Hall–Kier alpha value is -3.35. The molecule has 3 aromatic rings. The lowest BCUT2D eigenvalue weighted by molar-refractivity contribution is 0.102. The van der Waals surface area contributed by atoms with Crippen molar-refractivity contribution in [3.05, 3.63) is 60.0 Å². The molecule has 128 valence electrons. The second-order valence-electron chi connectivity index (χ2n) is 5.79. The number of aromatic amines is 1. The van der Waals surface area contributed by atoms with Crippen LogP contribution in [0.2, 0.25) is 0 Å². The number of hydrogen-bond donors (Lipinski definition) is 3. The molecule has 3 N–H and O–H groups in total. The molecule has 0 fully saturated rings. The molecule has 7 nitrogen and oxygen atoms in total. The molecule has 0 aliphatic heterocycles. The Balaban J connectivity index is 1.73. The molecule has 0 aliphatic rings. The molecule has 0 saturated heterocycles.